The van der Waals surface area contributed by atoms with Gasteiger partial charge in [-0.1, -0.05) is 23.5 Å². The summed E-state index contributed by atoms with van der Waals surface area (Å²) in [7, 11) is 0. The average molecular weight is 325 g/mol. The van der Waals surface area contributed by atoms with E-state index < -0.39 is 0 Å². The summed E-state index contributed by atoms with van der Waals surface area (Å²) in [6.45, 7) is 1.85. The average Bonchev–Trinajstić information content (AvgIpc) is 3.26. The van der Waals surface area contributed by atoms with Gasteiger partial charge in [-0.3, -0.25) is 4.79 Å². The van der Waals surface area contributed by atoms with Crippen molar-refractivity contribution in [2.45, 2.75) is 6.92 Å². The first kappa shape index (κ1) is 13.6. The number of fused-ring (bicyclic) bond motifs is 1. The highest BCUT2D eigenvalue weighted by atomic mass is 32.1. The van der Waals surface area contributed by atoms with Crippen LogP contribution in [-0.2, 0) is 0 Å². The van der Waals surface area contributed by atoms with Crippen molar-refractivity contribution in [3.05, 3.63) is 54.2 Å². The number of carbonyl (C=O) groups excluding carboxylic acids is 1. The van der Waals surface area contributed by atoms with Crippen molar-refractivity contribution in [3.63, 3.8) is 0 Å². The summed E-state index contributed by atoms with van der Waals surface area (Å²) in [6.07, 6.45) is 1.47. The van der Waals surface area contributed by atoms with Crippen molar-refractivity contribution in [1.82, 2.24) is 19.8 Å². The summed E-state index contributed by atoms with van der Waals surface area (Å²) in [5.74, 6) is 0.718. The Balaban J connectivity index is 1.64. The van der Waals surface area contributed by atoms with E-state index in [1.54, 1.807) is 16.6 Å². The van der Waals surface area contributed by atoms with Gasteiger partial charge in [0.05, 0.1) is 6.26 Å². The molecule has 4 aromatic rings. The third-order valence-electron chi connectivity index (χ3n) is 3.26. The summed E-state index contributed by atoms with van der Waals surface area (Å²) in [5, 5.41) is 16.1. The standard InChI is InChI=1S/C15H11N5O2S/c1-9-17-18-15-20(9)19-14(23-15)10-4-2-5-11(8-10)16-13(21)12-6-3-7-22-12/h2-8H,1H3,(H,16,21). The van der Waals surface area contributed by atoms with Crippen molar-refractivity contribution >= 4 is 27.9 Å². The number of nitrogens with zero attached hydrogens (tertiary/aromatic N) is 4. The second-order valence-electron chi connectivity index (χ2n) is 4.86. The highest BCUT2D eigenvalue weighted by Gasteiger charge is 2.12. The number of hydrogen-bond acceptors (Lipinski definition) is 6. The van der Waals surface area contributed by atoms with Gasteiger partial charge in [-0.25, -0.2) is 0 Å². The van der Waals surface area contributed by atoms with E-state index in [0.717, 1.165) is 21.4 Å². The summed E-state index contributed by atoms with van der Waals surface area (Å²) in [6, 6.07) is 10.8. The minimum absolute atomic E-state index is 0.268. The maximum Gasteiger partial charge on any atom is 0.291 e. The zero-order chi connectivity index (χ0) is 15.8. The van der Waals surface area contributed by atoms with Gasteiger partial charge in [0.25, 0.3) is 5.91 Å². The molecule has 1 aromatic carbocycles. The molecule has 0 unspecified atom stereocenters. The van der Waals surface area contributed by atoms with Gasteiger partial charge in [0, 0.05) is 11.3 Å². The van der Waals surface area contributed by atoms with E-state index in [4.69, 9.17) is 4.42 Å². The molecule has 0 saturated carbocycles. The van der Waals surface area contributed by atoms with E-state index in [9.17, 15) is 4.79 Å². The topological polar surface area (TPSA) is 85.3 Å². The fourth-order valence-electron chi connectivity index (χ4n) is 2.16. The van der Waals surface area contributed by atoms with Crippen LogP contribution in [0.5, 0.6) is 0 Å². The summed E-state index contributed by atoms with van der Waals surface area (Å²) in [4.78, 5) is 12.8. The smallest absolute Gasteiger partial charge is 0.291 e. The van der Waals surface area contributed by atoms with Gasteiger partial charge in [-0.2, -0.15) is 9.61 Å². The second-order valence-corrected chi connectivity index (χ2v) is 5.82. The molecular formula is C15H11N5O2S. The zero-order valence-corrected chi connectivity index (χ0v) is 12.9. The molecule has 23 heavy (non-hydrogen) atoms. The lowest BCUT2D eigenvalue weighted by Gasteiger charge is -2.04. The van der Waals surface area contributed by atoms with Crippen LogP contribution in [0, 0.1) is 6.92 Å². The van der Waals surface area contributed by atoms with Crippen LogP contribution in [0.3, 0.4) is 0 Å². The minimum Gasteiger partial charge on any atom is -0.459 e. The van der Waals surface area contributed by atoms with Crippen LogP contribution >= 0.6 is 11.3 Å². The molecule has 0 aliphatic heterocycles. The molecule has 0 saturated heterocycles. The third-order valence-corrected chi connectivity index (χ3v) is 4.21. The molecular weight excluding hydrogens is 314 g/mol. The number of carbonyl (C=O) groups is 1. The van der Waals surface area contributed by atoms with Crippen molar-refractivity contribution in [3.8, 4) is 10.6 Å². The van der Waals surface area contributed by atoms with Crippen molar-refractivity contribution in [2.24, 2.45) is 0 Å². The number of amides is 1. The lowest BCUT2D eigenvalue weighted by atomic mass is 10.2. The molecule has 1 N–H and O–H groups in total. The van der Waals surface area contributed by atoms with E-state index in [1.165, 1.54) is 17.6 Å². The van der Waals surface area contributed by atoms with Gasteiger partial charge in [-0.15, -0.1) is 10.2 Å². The third kappa shape index (κ3) is 2.49. The lowest BCUT2D eigenvalue weighted by Crippen LogP contribution is -2.10. The molecule has 0 spiro atoms. The number of rotatable bonds is 3. The number of nitrogens with one attached hydrogen (secondary N) is 1. The molecule has 4 rings (SSSR count). The molecule has 8 heteroatoms. The maximum absolute atomic E-state index is 12.0. The first-order chi connectivity index (χ1) is 11.2. The molecule has 1 amide bonds. The Bertz CT molecular complexity index is 987. The lowest BCUT2D eigenvalue weighted by molar-refractivity contribution is 0.0996. The van der Waals surface area contributed by atoms with E-state index in [1.807, 2.05) is 31.2 Å². The van der Waals surface area contributed by atoms with Crippen LogP contribution in [0.4, 0.5) is 5.69 Å². The van der Waals surface area contributed by atoms with Crippen molar-refractivity contribution in [1.29, 1.82) is 0 Å². The molecule has 3 heterocycles. The number of aromatic nitrogens is 4. The maximum atomic E-state index is 12.0. The Morgan fingerprint density at radius 3 is 2.96 bits per heavy atom. The first-order valence-corrected chi connectivity index (χ1v) is 7.66. The largest absolute Gasteiger partial charge is 0.459 e. The fraction of sp³-hybridized carbons (Fsp3) is 0.0667. The number of anilines is 1. The highest BCUT2D eigenvalue weighted by Crippen LogP contribution is 2.27. The Hall–Kier alpha value is -3.00. The predicted molar refractivity (Wildman–Crippen MR) is 85.5 cm³/mol. The SMILES string of the molecule is Cc1nnc2sc(-c3cccc(NC(=O)c4ccco4)c3)nn12. The summed E-state index contributed by atoms with van der Waals surface area (Å²) >= 11 is 1.44. The van der Waals surface area contributed by atoms with Crippen molar-refractivity contribution < 1.29 is 9.21 Å². The summed E-state index contributed by atoms with van der Waals surface area (Å²) in [5.41, 5.74) is 1.57. The number of aryl methyl sites for hydroxylation is 1. The van der Waals surface area contributed by atoms with E-state index >= 15 is 0 Å². The fourth-order valence-corrected chi connectivity index (χ4v) is 3.04. The molecule has 3 aromatic heterocycles. The van der Waals surface area contributed by atoms with Gasteiger partial charge in [0.2, 0.25) is 4.96 Å². The first-order valence-electron chi connectivity index (χ1n) is 6.85. The Labute approximate surface area is 134 Å². The zero-order valence-electron chi connectivity index (χ0n) is 12.1. The molecule has 7 nitrogen and oxygen atoms in total. The van der Waals surface area contributed by atoms with Crippen LogP contribution < -0.4 is 5.32 Å². The molecule has 0 bridgehead atoms. The Kier molecular flexibility index (Phi) is 3.16. The van der Waals surface area contributed by atoms with Crippen molar-refractivity contribution in [2.75, 3.05) is 5.32 Å². The Morgan fingerprint density at radius 2 is 2.17 bits per heavy atom. The monoisotopic (exact) mass is 325 g/mol. The highest BCUT2D eigenvalue weighted by molar-refractivity contribution is 7.19. The Morgan fingerprint density at radius 1 is 1.26 bits per heavy atom. The number of hydrogen-bond donors (Lipinski definition) is 1. The quantitative estimate of drug-likeness (QED) is 0.626. The van der Waals surface area contributed by atoms with Crippen LogP contribution in [-0.4, -0.2) is 25.7 Å². The van der Waals surface area contributed by atoms with Gasteiger partial charge < -0.3 is 9.73 Å². The van der Waals surface area contributed by atoms with Gasteiger partial charge >= 0.3 is 0 Å². The van der Waals surface area contributed by atoms with Crippen LogP contribution in [0.2, 0.25) is 0 Å². The summed E-state index contributed by atoms with van der Waals surface area (Å²) < 4.78 is 6.79. The van der Waals surface area contributed by atoms with E-state index in [2.05, 4.69) is 20.6 Å². The molecule has 0 aliphatic carbocycles. The van der Waals surface area contributed by atoms with E-state index in [-0.39, 0.29) is 11.7 Å². The molecule has 0 radical (unpaired) electrons. The van der Waals surface area contributed by atoms with Gasteiger partial charge in [0.1, 0.15) is 5.01 Å². The predicted octanol–water partition coefficient (Wildman–Crippen LogP) is 3.01. The molecule has 0 atom stereocenters. The minimum atomic E-state index is -0.291. The number of benzene rings is 1. The van der Waals surface area contributed by atoms with Gasteiger partial charge in [-0.05, 0) is 31.2 Å². The van der Waals surface area contributed by atoms with Gasteiger partial charge in [0.15, 0.2) is 11.6 Å². The van der Waals surface area contributed by atoms with Crippen LogP contribution in [0.1, 0.15) is 16.4 Å². The molecule has 114 valence electrons. The molecule has 0 aliphatic rings. The number of furan rings is 1. The molecule has 0 fully saturated rings. The van der Waals surface area contributed by atoms with E-state index in [0.29, 0.717) is 5.69 Å². The second kappa shape index (κ2) is 5.33. The normalized spacial score (nSPS) is 11.0. The van der Waals surface area contributed by atoms with Crippen LogP contribution in [0.25, 0.3) is 15.5 Å². The van der Waals surface area contributed by atoms with Crippen LogP contribution in [0.15, 0.2) is 47.1 Å².